The summed E-state index contributed by atoms with van der Waals surface area (Å²) in [6, 6.07) is 8.03. The molecule has 3 nitrogen and oxygen atoms in total. The summed E-state index contributed by atoms with van der Waals surface area (Å²) in [7, 11) is 0. The van der Waals surface area contributed by atoms with Crippen LogP contribution in [0.3, 0.4) is 0 Å². The fourth-order valence-corrected chi connectivity index (χ4v) is 2.63. The van der Waals surface area contributed by atoms with Gasteiger partial charge in [0.2, 0.25) is 5.91 Å². The molecule has 1 aromatic rings. The van der Waals surface area contributed by atoms with Crippen molar-refractivity contribution in [1.29, 1.82) is 0 Å². The molecule has 2 rings (SSSR count). The summed E-state index contributed by atoms with van der Waals surface area (Å²) < 4.78 is 0. The van der Waals surface area contributed by atoms with E-state index in [2.05, 4.69) is 5.32 Å². The first kappa shape index (κ1) is 14.4. The number of carbonyl (C=O) groups is 1. The second kappa shape index (κ2) is 6.92. The fraction of sp³-hybridized carbons (Fsp3) is 0.533. The summed E-state index contributed by atoms with van der Waals surface area (Å²) in [6.45, 7) is 0.684. The standard InChI is InChI=1S/C15H21ClN2O/c16-13-5-1-11(2-6-13)9-10-18-15(19)12-3-7-14(17)8-4-12/h1-2,5-6,12,14H,3-4,7-10,17H2,(H,18,19). The van der Waals surface area contributed by atoms with E-state index in [1.807, 2.05) is 24.3 Å². The second-order valence-corrected chi connectivity index (χ2v) is 5.72. The fourth-order valence-electron chi connectivity index (χ4n) is 2.51. The van der Waals surface area contributed by atoms with Crippen LogP contribution < -0.4 is 11.1 Å². The Kier molecular flexibility index (Phi) is 5.23. The molecule has 0 aliphatic heterocycles. The lowest BCUT2D eigenvalue weighted by Crippen LogP contribution is -2.37. The average molecular weight is 281 g/mol. The molecule has 0 spiro atoms. The topological polar surface area (TPSA) is 55.1 Å². The van der Waals surface area contributed by atoms with Gasteiger partial charge in [-0.2, -0.15) is 0 Å². The average Bonchev–Trinajstić information content (AvgIpc) is 2.41. The van der Waals surface area contributed by atoms with Gasteiger partial charge in [-0.05, 0) is 49.8 Å². The number of amides is 1. The van der Waals surface area contributed by atoms with E-state index >= 15 is 0 Å². The van der Waals surface area contributed by atoms with E-state index < -0.39 is 0 Å². The van der Waals surface area contributed by atoms with Crippen molar-refractivity contribution in [2.24, 2.45) is 11.7 Å². The van der Waals surface area contributed by atoms with Crippen molar-refractivity contribution in [3.05, 3.63) is 34.9 Å². The van der Waals surface area contributed by atoms with Crippen LogP contribution in [0, 0.1) is 5.92 Å². The molecule has 4 heteroatoms. The zero-order valence-corrected chi connectivity index (χ0v) is 11.8. The molecule has 1 aromatic carbocycles. The van der Waals surface area contributed by atoms with Crippen molar-refractivity contribution in [2.75, 3.05) is 6.54 Å². The predicted octanol–water partition coefficient (Wildman–Crippen LogP) is 2.52. The first-order chi connectivity index (χ1) is 9.15. The van der Waals surface area contributed by atoms with E-state index in [1.54, 1.807) is 0 Å². The van der Waals surface area contributed by atoms with Crippen LogP contribution in [0.5, 0.6) is 0 Å². The molecule has 1 fully saturated rings. The van der Waals surface area contributed by atoms with Crippen molar-refractivity contribution in [2.45, 2.75) is 38.1 Å². The first-order valence-corrected chi connectivity index (χ1v) is 7.30. The Bertz CT molecular complexity index is 411. The molecule has 1 amide bonds. The normalized spacial score (nSPS) is 23.1. The van der Waals surface area contributed by atoms with Gasteiger partial charge in [-0.3, -0.25) is 4.79 Å². The molecule has 19 heavy (non-hydrogen) atoms. The number of nitrogens with one attached hydrogen (secondary N) is 1. The molecule has 1 aliphatic rings. The summed E-state index contributed by atoms with van der Waals surface area (Å²) in [5.41, 5.74) is 7.03. The quantitative estimate of drug-likeness (QED) is 0.890. The molecule has 0 atom stereocenters. The Labute approximate surface area is 119 Å². The molecule has 1 aliphatic carbocycles. The van der Waals surface area contributed by atoms with Gasteiger partial charge >= 0.3 is 0 Å². The highest BCUT2D eigenvalue weighted by Crippen LogP contribution is 2.23. The molecule has 104 valence electrons. The monoisotopic (exact) mass is 280 g/mol. The van der Waals surface area contributed by atoms with Gasteiger partial charge in [0.05, 0.1) is 0 Å². The molecule has 3 N–H and O–H groups in total. The maximum absolute atomic E-state index is 12.0. The molecule has 0 heterocycles. The van der Waals surface area contributed by atoms with Crippen LogP contribution in [0.2, 0.25) is 5.02 Å². The largest absolute Gasteiger partial charge is 0.356 e. The van der Waals surface area contributed by atoms with E-state index in [1.165, 1.54) is 5.56 Å². The van der Waals surface area contributed by atoms with Gasteiger partial charge in [-0.15, -0.1) is 0 Å². The van der Waals surface area contributed by atoms with Crippen molar-refractivity contribution in [3.8, 4) is 0 Å². The van der Waals surface area contributed by atoms with Gasteiger partial charge in [0, 0.05) is 23.5 Å². The smallest absolute Gasteiger partial charge is 0.223 e. The summed E-state index contributed by atoms with van der Waals surface area (Å²) in [6.07, 6.45) is 4.63. The lowest BCUT2D eigenvalue weighted by atomic mass is 9.86. The minimum absolute atomic E-state index is 0.157. The third-order valence-electron chi connectivity index (χ3n) is 3.77. The Morgan fingerprint density at radius 3 is 2.47 bits per heavy atom. The third kappa shape index (κ3) is 4.51. The summed E-state index contributed by atoms with van der Waals surface area (Å²) in [4.78, 5) is 12.0. The summed E-state index contributed by atoms with van der Waals surface area (Å²) in [5.74, 6) is 0.339. The van der Waals surface area contributed by atoms with Crippen molar-refractivity contribution in [3.63, 3.8) is 0 Å². The van der Waals surface area contributed by atoms with E-state index in [-0.39, 0.29) is 17.9 Å². The lowest BCUT2D eigenvalue weighted by Gasteiger charge is -2.25. The van der Waals surface area contributed by atoms with E-state index in [0.717, 1.165) is 37.1 Å². The van der Waals surface area contributed by atoms with Crippen LogP contribution in [0.1, 0.15) is 31.2 Å². The Morgan fingerprint density at radius 2 is 1.84 bits per heavy atom. The molecule has 0 radical (unpaired) electrons. The van der Waals surface area contributed by atoms with Crippen LogP contribution in [-0.4, -0.2) is 18.5 Å². The highest BCUT2D eigenvalue weighted by atomic mass is 35.5. The van der Waals surface area contributed by atoms with Crippen LogP contribution in [0.4, 0.5) is 0 Å². The second-order valence-electron chi connectivity index (χ2n) is 5.28. The summed E-state index contributed by atoms with van der Waals surface area (Å²) >= 11 is 5.83. The Balaban J connectivity index is 1.70. The highest BCUT2D eigenvalue weighted by Gasteiger charge is 2.23. The van der Waals surface area contributed by atoms with Crippen molar-refractivity contribution in [1.82, 2.24) is 5.32 Å². The number of benzene rings is 1. The van der Waals surface area contributed by atoms with Gasteiger partial charge in [0.1, 0.15) is 0 Å². The maximum atomic E-state index is 12.0. The Hall–Kier alpha value is -1.06. The molecule has 1 saturated carbocycles. The van der Waals surface area contributed by atoms with Crippen LogP contribution >= 0.6 is 11.6 Å². The van der Waals surface area contributed by atoms with Crippen LogP contribution in [-0.2, 0) is 11.2 Å². The molecule has 0 aromatic heterocycles. The van der Waals surface area contributed by atoms with Crippen LogP contribution in [0.25, 0.3) is 0 Å². The molecule has 0 saturated heterocycles. The minimum atomic E-state index is 0.157. The molecular weight excluding hydrogens is 260 g/mol. The van der Waals surface area contributed by atoms with Crippen molar-refractivity contribution >= 4 is 17.5 Å². The van der Waals surface area contributed by atoms with Gasteiger partial charge in [0.25, 0.3) is 0 Å². The van der Waals surface area contributed by atoms with Gasteiger partial charge in [-0.1, -0.05) is 23.7 Å². The third-order valence-corrected chi connectivity index (χ3v) is 4.02. The Morgan fingerprint density at radius 1 is 1.21 bits per heavy atom. The van der Waals surface area contributed by atoms with E-state index in [9.17, 15) is 4.79 Å². The predicted molar refractivity (Wildman–Crippen MR) is 78.1 cm³/mol. The maximum Gasteiger partial charge on any atom is 0.223 e. The van der Waals surface area contributed by atoms with E-state index in [0.29, 0.717) is 6.54 Å². The minimum Gasteiger partial charge on any atom is -0.356 e. The SMILES string of the molecule is NC1CCC(C(=O)NCCc2ccc(Cl)cc2)CC1. The number of hydrogen-bond donors (Lipinski definition) is 2. The highest BCUT2D eigenvalue weighted by molar-refractivity contribution is 6.30. The van der Waals surface area contributed by atoms with Gasteiger partial charge < -0.3 is 11.1 Å². The number of hydrogen-bond acceptors (Lipinski definition) is 2. The van der Waals surface area contributed by atoms with Gasteiger partial charge in [0.15, 0.2) is 0 Å². The first-order valence-electron chi connectivity index (χ1n) is 6.93. The molecule has 0 unspecified atom stereocenters. The number of rotatable bonds is 4. The molecular formula is C15H21ClN2O. The lowest BCUT2D eigenvalue weighted by molar-refractivity contribution is -0.125. The zero-order valence-electron chi connectivity index (χ0n) is 11.1. The van der Waals surface area contributed by atoms with E-state index in [4.69, 9.17) is 17.3 Å². The van der Waals surface area contributed by atoms with Gasteiger partial charge in [-0.25, -0.2) is 0 Å². The molecule has 0 bridgehead atoms. The van der Waals surface area contributed by atoms with Crippen LogP contribution in [0.15, 0.2) is 24.3 Å². The van der Waals surface area contributed by atoms with Crippen molar-refractivity contribution < 1.29 is 4.79 Å². The summed E-state index contributed by atoms with van der Waals surface area (Å²) in [5, 5.41) is 3.76. The number of carbonyl (C=O) groups excluding carboxylic acids is 1. The number of nitrogens with two attached hydrogens (primary N) is 1. The zero-order chi connectivity index (χ0) is 13.7. The number of halogens is 1.